The second-order valence-corrected chi connectivity index (χ2v) is 6.45. The molecular formula is C20H27N5O7. The van der Waals surface area contributed by atoms with E-state index in [1.807, 2.05) is 6.92 Å². The largest absolute Gasteiger partial charge is 0.490 e. The highest BCUT2D eigenvalue weighted by atomic mass is 16.6. The number of hydrogen-bond acceptors (Lipinski definition) is 8. The van der Waals surface area contributed by atoms with E-state index >= 15 is 0 Å². The number of aryl methyl sites for hydroxylation is 2. The smallest absolute Gasteiger partial charge is 0.381 e. The molecule has 0 saturated carbocycles. The topological polar surface area (TPSA) is 147 Å². The van der Waals surface area contributed by atoms with Crippen LogP contribution in [0.3, 0.4) is 0 Å². The third kappa shape index (κ3) is 6.33. The molecule has 2 aromatic rings. The van der Waals surface area contributed by atoms with Crippen LogP contribution >= 0.6 is 0 Å². The molecule has 0 unspecified atom stereocenters. The highest BCUT2D eigenvalue weighted by Gasteiger charge is 2.19. The van der Waals surface area contributed by atoms with Crippen molar-refractivity contribution in [3.05, 3.63) is 39.8 Å². The van der Waals surface area contributed by atoms with E-state index < -0.39 is 16.7 Å². The number of nitro groups is 1. The van der Waals surface area contributed by atoms with Gasteiger partial charge in [0.25, 0.3) is 5.91 Å². The number of benzene rings is 1. The number of carbonyl (C=O) groups is 2. The van der Waals surface area contributed by atoms with Crippen LogP contribution in [-0.4, -0.2) is 46.1 Å². The summed E-state index contributed by atoms with van der Waals surface area (Å²) in [4.78, 5) is 38.7. The number of carbonyl (C=O) groups excluding carboxylic acids is 2. The summed E-state index contributed by atoms with van der Waals surface area (Å²) in [5, 5.41) is 10.8. The lowest BCUT2D eigenvalue weighted by atomic mass is 10.1. The Kier molecular flexibility index (Phi) is 8.81. The van der Waals surface area contributed by atoms with E-state index in [4.69, 9.17) is 14.2 Å². The second-order valence-electron chi connectivity index (χ2n) is 6.45. The number of imidazole rings is 1. The van der Waals surface area contributed by atoms with Gasteiger partial charge < -0.3 is 28.9 Å². The minimum absolute atomic E-state index is 0.0215. The van der Waals surface area contributed by atoms with Gasteiger partial charge in [-0.3, -0.25) is 20.4 Å². The zero-order chi connectivity index (χ0) is 23.7. The molecule has 0 saturated heterocycles. The van der Waals surface area contributed by atoms with Crippen molar-refractivity contribution in [2.45, 2.75) is 40.7 Å². The van der Waals surface area contributed by atoms with Gasteiger partial charge in [0.15, 0.2) is 11.5 Å². The van der Waals surface area contributed by atoms with E-state index in [2.05, 4.69) is 15.8 Å². The third-order valence-corrected chi connectivity index (χ3v) is 4.22. The number of nitrogens with one attached hydrogen (secondary N) is 2. The van der Waals surface area contributed by atoms with Gasteiger partial charge in [0.2, 0.25) is 17.5 Å². The van der Waals surface area contributed by atoms with Crippen molar-refractivity contribution in [2.24, 2.45) is 0 Å². The summed E-state index contributed by atoms with van der Waals surface area (Å²) in [5.74, 6) is 0.189. The number of aromatic nitrogens is 2. The van der Waals surface area contributed by atoms with E-state index in [1.54, 1.807) is 20.8 Å². The van der Waals surface area contributed by atoms with Crippen LogP contribution in [0.15, 0.2) is 18.3 Å². The van der Waals surface area contributed by atoms with E-state index in [0.29, 0.717) is 42.9 Å². The highest BCUT2D eigenvalue weighted by Crippen LogP contribution is 2.39. The zero-order valence-electron chi connectivity index (χ0n) is 18.5. The summed E-state index contributed by atoms with van der Waals surface area (Å²) in [7, 11) is 0. The van der Waals surface area contributed by atoms with Crippen LogP contribution in [0.1, 0.15) is 43.4 Å². The maximum atomic E-state index is 12.6. The normalized spacial score (nSPS) is 10.4. The Morgan fingerprint density at radius 2 is 1.66 bits per heavy atom. The van der Waals surface area contributed by atoms with Crippen LogP contribution in [-0.2, 0) is 11.3 Å². The number of nitrogens with zero attached hydrogens (tertiary/aromatic N) is 3. The maximum Gasteiger partial charge on any atom is 0.381 e. The van der Waals surface area contributed by atoms with E-state index in [0.717, 1.165) is 0 Å². The molecule has 0 spiro atoms. The minimum Gasteiger partial charge on any atom is -0.490 e. The molecule has 12 heteroatoms. The van der Waals surface area contributed by atoms with Gasteiger partial charge in [-0.25, -0.2) is 0 Å². The molecule has 174 valence electrons. The van der Waals surface area contributed by atoms with Crippen molar-refractivity contribution < 1.29 is 28.7 Å². The first-order valence-electron chi connectivity index (χ1n) is 10.1. The van der Waals surface area contributed by atoms with Crippen LogP contribution in [0, 0.1) is 17.0 Å². The van der Waals surface area contributed by atoms with Crippen LogP contribution in [0.25, 0.3) is 0 Å². The van der Waals surface area contributed by atoms with Crippen molar-refractivity contribution >= 4 is 17.6 Å². The van der Waals surface area contributed by atoms with Crippen LogP contribution in [0.5, 0.6) is 17.2 Å². The fraction of sp³-hybridized carbons (Fsp3) is 0.450. The molecule has 2 N–H and O–H groups in total. The van der Waals surface area contributed by atoms with Crippen molar-refractivity contribution in [3.63, 3.8) is 0 Å². The monoisotopic (exact) mass is 449 g/mol. The maximum absolute atomic E-state index is 12.6. The van der Waals surface area contributed by atoms with Gasteiger partial charge in [-0.1, -0.05) is 0 Å². The van der Waals surface area contributed by atoms with Crippen molar-refractivity contribution in [2.75, 3.05) is 19.8 Å². The molecule has 0 radical (unpaired) electrons. The standard InChI is InChI=1S/C20H27N5O7/c1-5-30-15-10-14(11-16(31-6-2)19(15)32-7-3)20(27)23-22-18(26)8-9-24-12-17(25(28)29)21-13(24)4/h10-12H,5-9H2,1-4H3,(H,22,26)(H,23,27). The molecule has 1 aromatic carbocycles. The van der Waals surface area contributed by atoms with Gasteiger partial charge in [0.05, 0.1) is 19.8 Å². The molecule has 32 heavy (non-hydrogen) atoms. The van der Waals surface area contributed by atoms with Gasteiger partial charge in [-0.2, -0.15) is 0 Å². The van der Waals surface area contributed by atoms with Gasteiger partial charge >= 0.3 is 5.82 Å². The van der Waals surface area contributed by atoms with Gasteiger partial charge in [-0.05, 0) is 42.8 Å². The molecule has 0 aliphatic heterocycles. The van der Waals surface area contributed by atoms with E-state index in [9.17, 15) is 19.7 Å². The average Bonchev–Trinajstić information content (AvgIpc) is 3.13. The van der Waals surface area contributed by atoms with Crippen molar-refractivity contribution in [3.8, 4) is 17.2 Å². The molecule has 0 aliphatic carbocycles. The lowest BCUT2D eigenvalue weighted by Gasteiger charge is -2.17. The molecular weight excluding hydrogens is 422 g/mol. The van der Waals surface area contributed by atoms with Crippen molar-refractivity contribution in [1.82, 2.24) is 20.4 Å². The Morgan fingerprint density at radius 1 is 1.06 bits per heavy atom. The quantitative estimate of drug-likeness (QED) is 0.392. The fourth-order valence-electron chi connectivity index (χ4n) is 2.81. The SMILES string of the molecule is CCOc1cc(C(=O)NNC(=O)CCn2cc([N+](=O)[O-])nc2C)cc(OCC)c1OCC. The highest BCUT2D eigenvalue weighted by molar-refractivity contribution is 5.96. The fourth-order valence-corrected chi connectivity index (χ4v) is 2.81. The molecule has 0 aliphatic rings. The predicted octanol–water partition coefficient (Wildman–Crippen LogP) is 2.15. The van der Waals surface area contributed by atoms with Crippen LogP contribution in [0.2, 0.25) is 0 Å². The first kappa shape index (κ1) is 24.4. The molecule has 2 amide bonds. The van der Waals surface area contributed by atoms with Gasteiger partial charge in [-0.15, -0.1) is 0 Å². The third-order valence-electron chi connectivity index (χ3n) is 4.22. The Bertz CT molecular complexity index is 946. The average molecular weight is 449 g/mol. The second kappa shape index (κ2) is 11.5. The first-order chi connectivity index (χ1) is 15.3. The number of ether oxygens (including phenoxy) is 3. The summed E-state index contributed by atoms with van der Waals surface area (Å²) < 4.78 is 18.3. The van der Waals surface area contributed by atoms with Crippen LogP contribution < -0.4 is 25.1 Å². The summed E-state index contributed by atoms with van der Waals surface area (Å²) in [6.45, 7) is 8.31. The number of hydrazine groups is 1. The van der Waals surface area contributed by atoms with Gasteiger partial charge in [0.1, 0.15) is 6.20 Å². The summed E-state index contributed by atoms with van der Waals surface area (Å²) in [5.41, 5.74) is 4.87. The van der Waals surface area contributed by atoms with E-state index in [-0.39, 0.29) is 24.3 Å². The Balaban J connectivity index is 2.03. The summed E-state index contributed by atoms with van der Waals surface area (Å²) in [6.07, 6.45) is 1.23. The van der Waals surface area contributed by atoms with Crippen molar-refractivity contribution in [1.29, 1.82) is 0 Å². The van der Waals surface area contributed by atoms with Gasteiger partial charge in [0, 0.05) is 25.5 Å². The van der Waals surface area contributed by atoms with E-state index in [1.165, 1.54) is 22.9 Å². The molecule has 0 fully saturated rings. The molecule has 2 rings (SSSR count). The zero-order valence-corrected chi connectivity index (χ0v) is 18.5. The molecule has 1 aromatic heterocycles. The number of hydrogen-bond donors (Lipinski definition) is 2. The lowest BCUT2D eigenvalue weighted by Crippen LogP contribution is -2.41. The Hall–Kier alpha value is -3.83. The Morgan fingerprint density at radius 3 is 2.16 bits per heavy atom. The predicted molar refractivity (Wildman–Crippen MR) is 114 cm³/mol. The molecule has 12 nitrogen and oxygen atoms in total. The summed E-state index contributed by atoms with van der Waals surface area (Å²) in [6, 6.07) is 3.01. The Labute approximate surface area is 185 Å². The van der Waals surface area contributed by atoms with Crippen LogP contribution in [0.4, 0.5) is 5.82 Å². The minimum atomic E-state index is -0.604. The molecule has 1 heterocycles. The number of rotatable bonds is 11. The summed E-state index contributed by atoms with van der Waals surface area (Å²) >= 11 is 0. The first-order valence-corrected chi connectivity index (χ1v) is 10.1. The number of amides is 2. The molecule has 0 atom stereocenters. The lowest BCUT2D eigenvalue weighted by molar-refractivity contribution is -0.389. The molecule has 0 bridgehead atoms.